The van der Waals surface area contributed by atoms with Crippen LogP contribution in [0.25, 0.3) is 5.69 Å². The molecule has 21 heavy (non-hydrogen) atoms. The van der Waals surface area contributed by atoms with E-state index in [1.54, 1.807) is 0 Å². The number of ether oxygens (including phenoxy) is 1. The largest absolute Gasteiger partial charge is 0.380 e. The second-order valence-corrected chi connectivity index (χ2v) is 5.51. The molecule has 2 rings (SSSR count). The number of nitrogens with one attached hydrogen (secondary N) is 1. The maximum Gasteiger partial charge on any atom is 0.0616 e. The van der Waals surface area contributed by atoms with Gasteiger partial charge in [0.2, 0.25) is 0 Å². The van der Waals surface area contributed by atoms with E-state index in [9.17, 15) is 0 Å². The van der Waals surface area contributed by atoms with Crippen LogP contribution in [0.5, 0.6) is 0 Å². The maximum atomic E-state index is 5.44. The molecule has 0 radical (unpaired) electrons. The van der Waals surface area contributed by atoms with Gasteiger partial charge in [-0.2, -0.15) is 0 Å². The van der Waals surface area contributed by atoms with Gasteiger partial charge in [-0.05, 0) is 51.5 Å². The Bertz CT molecular complexity index is 560. The zero-order valence-electron chi connectivity index (χ0n) is 13.5. The number of nitrogens with zero attached hydrogens (tertiary/aromatic N) is 1. The van der Waals surface area contributed by atoms with E-state index < -0.39 is 0 Å². The zero-order valence-corrected chi connectivity index (χ0v) is 13.5. The molecule has 1 unspecified atom stereocenters. The first-order valence-electron chi connectivity index (χ1n) is 7.67. The number of benzene rings is 1. The molecule has 2 aromatic rings. The van der Waals surface area contributed by atoms with Crippen molar-refractivity contribution in [2.45, 2.75) is 40.3 Å². The molecule has 1 heterocycles. The topological polar surface area (TPSA) is 26.2 Å². The lowest BCUT2D eigenvalue weighted by molar-refractivity contribution is 0.127. The van der Waals surface area contributed by atoms with Crippen molar-refractivity contribution in [3.8, 4) is 5.69 Å². The van der Waals surface area contributed by atoms with Gasteiger partial charge in [0.1, 0.15) is 0 Å². The fourth-order valence-electron chi connectivity index (χ4n) is 2.62. The van der Waals surface area contributed by atoms with E-state index >= 15 is 0 Å². The van der Waals surface area contributed by atoms with Gasteiger partial charge in [0.15, 0.2) is 0 Å². The Morgan fingerprint density at radius 3 is 2.57 bits per heavy atom. The summed E-state index contributed by atoms with van der Waals surface area (Å²) in [7, 11) is 0. The minimum atomic E-state index is 0.365. The molecule has 114 valence electrons. The van der Waals surface area contributed by atoms with Gasteiger partial charge in [0, 0.05) is 36.3 Å². The molecule has 0 saturated carbocycles. The highest BCUT2D eigenvalue weighted by Crippen LogP contribution is 2.20. The Kier molecular flexibility index (Phi) is 5.59. The summed E-state index contributed by atoms with van der Waals surface area (Å²) in [4.78, 5) is 0. The molecule has 0 bridgehead atoms. The third kappa shape index (κ3) is 3.96. The molecule has 0 spiro atoms. The lowest BCUT2D eigenvalue weighted by atomic mass is 10.2. The molecule has 0 amide bonds. The molecule has 3 nitrogen and oxygen atoms in total. The third-order valence-corrected chi connectivity index (χ3v) is 3.76. The standard InChI is InChI=1S/C18H26N2O/c1-5-21-13-14(2)19-12-17-11-15(3)20(16(17)4)18-9-7-6-8-10-18/h6-11,14,19H,5,12-13H2,1-4H3. The van der Waals surface area contributed by atoms with Crippen molar-refractivity contribution in [2.75, 3.05) is 13.2 Å². The minimum Gasteiger partial charge on any atom is -0.380 e. The van der Waals surface area contributed by atoms with Crippen molar-refractivity contribution < 1.29 is 4.74 Å². The van der Waals surface area contributed by atoms with Gasteiger partial charge < -0.3 is 14.6 Å². The monoisotopic (exact) mass is 286 g/mol. The lowest BCUT2D eigenvalue weighted by Gasteiger charge is -2.14. The van der Waals surface area contributed by atoms with Crippen molar-refractivity contribution in [3.63, 3.8) is 0 Å². The highest BCUT2D eigenvalue weighted by Gasteiger charge is 2.11. The number of hydrogen-bond acceptors (Lipinski definition) is 2. The second-order valence-electron chi connectivity index (χ2n) is 5.51. The number of para-hydroxylation sites is 1. The Balaban J connectivity index is 2.09. The van der Waals surface area contributed by atoms with Crippen LogP contribution < -0.4 is 5.32 Å². The SMILES string of the molecule is CCOCC(C)NCc1cc(C)n(-c2ccccc2)c1C. The summed E-state index contributed by atoms with van der Waals surface area (Å²) in [6.07, 6.45) is 0. The predicted octanol–water partition coefficient (Wildman–Crippen LogP) is 3.61. The van der Waals surface area contributed by atoms with E-state index in [-0.39, 0.29) is 0 Å². The molecule has 0 aliphatic rings. The second kappa shape index (κ2) is 7.43. The Morgan fingerprint density at radius 2 is 1.90 bits per heavy atom. The number of hydrogen-bond donors (Lipinski definition) is 1. The zero-order chi connectivity index (χ0) is 15.2. The fraction of sp³-hybridized carbons (Fsp3) is 0.444. The van der Waals surface area contributed by atoms with E-state index in [2.05, 4.69) is 67.1 Å². The Labute approximate surface area is 127 Å². The van der Waals surface area contributed by atoms with Gasteiger partial charge >= 0.3 is 0 Å². The quantitative estimate of drug-likeness (QED) is 0.841. The summed E-state index contributed by atoms with van der Waals surface area (Å²) in [6.45, 7) is 10.9. The molecular weight excluding hydrogens is 260 g/mol. The van der Waals surface area contributed by atoms with Gasteiger partial charge in [0.05, 0.1) is 6.61 Å². The smallest absolute Gasteiger partial charge is 0.0616 e. The van der Waals surface area contributed by atoms with Crippen LogP contribution >= 0.6 is 0 Å². The van der Waals surface area contributed by atoms with Crippen LogP contribution in [0, 0.1) is 13.8 Å². The first-order valence-corrected chi connectivity index (χ1v) is 7.67. The molecule has 3 heteroatoms. The fourth-order valence-corrected chi connectivity index (χ4v) is 2.62. The number of rotatable bonds is 7. The summed E-state index contributed by atoms with van der Waals surface area (Å²) in [5.74, 6) is 0. The van der Waals surface area contributed by atoms with Gasteiger partial charge in [-0.15, -0.1) is 0 Å². The molecule has 1 aromatic carbocycles. The molecule has 0 saturated heterocycles. The van der Waals surface area contributed by atoms with Crippen molar-refractivity contribution >= 4 is 0 Å². The van der Waals surface area contributed by atoms with Gasteiger partial charge in [-0.25, -0.2) is 0 Å². The van der Waals surface area contributed by atoms with E-state index in [1.807, 2.05) is 6.92 Å². The predicted molar refractivity (Wildman–Crippen MR) is 88.0 cm³/mol. The molecule has 0 fully saturated rings. The van der Waals surface area contributed by atoms with Crippen LogP contribution in [0.2, 0.25) is 0 Å². The average molecular weight is 286 g/mol. The molecule has 1 N–H and O–H groups in total. The molecule has 0 aliphatic heterocycles. The van der Waals surface area contributed by atoms with Gasteiger partial charge in [-0.1, -0.05) is 18.2 Å². The van der Waals surface area contributed by atoms with Crippen LogP contribution in [-0.2, 0) is 11.3 Å². The highest BCUT2D eigenvalue weighted by molar-refractivity contribution is 5.40. The van der Waals surface area contributed by atoms with Crippen molar-refractivity contribution in [3.05, 3.63) is 53.3 Å². The van der Waals surface area contributed by atoms with Crippen LogP contribution in [0.15, 0.2) is 36.4 Å². The molecule has 1 aromatic heterocycles. The molecular formula is C18H26N2O. The number of aromatic nitrogens is 1. The van der Waals surface area contributed by atoms with Crippen LogP contribution in [0.1, 0.15) is 30.8 Å². The maximum absolute atomic E-state index is 5.44. The van der Waals surface area contributed by atoms with Crippen molar-refractivity contribution in [1.82, 2.24) is 9.88 Å². The summed E-state index contributed by atoms with van der Waals surface area (Å²) in [6, 6.07) is 13.1. The van der Waals surface area contributed by atoms with E-state index in [0.29, 0.717) is 6.04 Å². The van der Waals surface area contributed by atoms with Gasteiger partial charge in [0.25, 0.3) is 0 Å². The normalized spacial score (nSPS) is 12.6. The summed E-state index contributed by atoms with van der Waals surface area (Å²) in [5, 5.41) is 3.53. The summed E-state index contributed by atoms with van der Waals surface area (Å²) in [5.41, 5.74) is 5.14. The van der Waals surface area contributed by atoms with Crippen LogP contribution in [-0.4, -0.2) is 23.8 Å². The Morgan fingerprint density at radius 1 is 1.19 bits per heavy atom. The lowest BCUT2D eigenvalue weighted by Crippen LogP contribution is -2.30. The summed E-state index contributed by atoms with van der Waals surface area (Å²) >= 11 is 0. The van der Waals surface area contributed by atoms with Crippen molar-refractivity contribution in [2.24, 2.45) is 0 Å². The third-order valence-electron chi connectivity index (χ3n) is 3.76. The summed E-state index contributed by atoms with van der Waals surface area (Å²) < 4.78 is 7.75. The van der Waals surface area contributed by atoms with Gasteiger partial charge in [-0.3, -0.25) is 0 Å². The first kappa shape index (κ1) is 15.8. The van der Waals surface area contributed by atoms with E-state index in [0.717, 1.165) is 19.8 Å². The first-order chi connectivity index (χ1) is 10.1. The highest BCUT2D eigenvalue weighted by atomic mass is 16.5. The van der Waals surface area contributed by atoms with Crippen LogP contribution in [0.3, 0.4) is 0 Å². The van der Waals surface area contributed by atoms with Crippen LogP contribution in [0.4, 0.5) is 0 Å². The molecule has 0 aliphatic carbocycles. The van der Waals surface area contributed by atoms with E-state index in [4.69, 9.17) is 4.74 Å². The van der Waals surface area contributed by atoms with E-state index in [1.165, 1.54) is 22.6 Å². The van der Waals surface area contributed by atoms with Crippen molar-refractivity contribution in [1.29, 1.82) is 0 Å². The molecule has 1 atom stereocenters. The number of aryl methyl sites for hydroxylation is 1. The Hall–Kier alpha value is -1.58. The minimum absolute atomic E-state index is 0.365. The average Bonchev–Trinajstić information content (AvgIpc) is 2.78.